The molecule has 2 heterocycles. The van der Waals surface area contributed by atoms with Crippen molar-refractivity contribution in [2.75, 3.05) is 26.2 Å². The van der Waals surface area contributed by atoms with E-state index >= 15 is 0 Å². The van der Waals surface area contributed by atoms with Crippen molar-refractivity contribution in [3.8, 4) is 0 Å². The summed E-state index contributed by atoms with van der Waals surface area (Å²) in [6, 6.07) is 12.5. The van der Waals surface area contributed by atoms with Gasteiger partial charge < -0.3 is 9.32 Å². The standard InChI is InChI=1S/C21H26N2O2/c1-16-6-2-3-7-17(16)15-22-9-5-10-23(12-11-22)21(24)19-14-18(19)20-8-4-13-25-20/h2-4,6-8,13,18-19H,5,9-12,14-15H2,1H3/t18-,19-/m0/s1. The zero-order chi connectivity index (χ0) is 17.2. The Bertz CT molecular complexity index is 725. The molecule has 25 heavy (non-hydrogen) atoms. The van der Waals surface area contributed by atoms with Gasteiger partial charge in [0.2, 0.25) is 5.91 Å². The predicted octanol–water partition coefficient (Wildman–Crippen LogP) is 3.43. The van der Waals surface area contributed by atoms with Gasteiger partial charge in [-0.05, 0) is 43.0 Å². The molecule has 2 atom stereocenters. The lowest BCUT2D eigenvalue weighted by molar-refractivity contribution is -0.132. The molecule has 4 nitrogen and oxygen atoms in total. The lowest BCUT2D eigenvalue weighted by atomic mass is 10.1. The molecule has 0 unspecified atom stereocenters. The second-order valence-corrected chi connectivity index (χ2v) is 7.35. The van der Waals surface area contributed by atoms with Crippen LogP contribution in [0.25, 0.3) is 0 Å². The summed E-state index contributed by atoms with van der Waals surface area (Å²) in [7, 11) is 0. The highest BCUT2D eigenvalue weighted by Crippen LogP contribution is 2.48. The monoisotopic (exact) mass is 338 g/mol. The summed E-state index contributed by atoms with van der Waals surface area (Å²) in [5.74, 6) is 1.72. The van der Waals surface area contributed by atoms with Crippen molar-refractivity contribution in [1.29, 1.82) is 0 Å². The Labute approximate surface area is 149 Å². The van der Waals surface area contributed by atoms with E-state index in [1.165, 1.54) is 11.1 Å². The van der Waals surface area contributed by atoms with Crippen LogP contribution in [0.5, 0.6) is 0 Å². The number of aryl methyl sites for hydroxylation is 1. The van der Waals surface area contributed by atoms with Gasteiger partial charge in [0.15, 0.2) is 0 Å². The van der Waals surface area contributed by atoms with Crippen LogP contribution >= 0.6 is 0 Å². The summed E-state index contributed by atoms with van der Waals surface area (Å²) >= 11 is 0. The first-order valence-electron chi connectivity index (χ1n) is 9.31. The molecule has 0 spiro atoms. The van der Waals surface area contributed by atoms with Crippen LogP contribution in [-0.2, 0) is 11.3 Å². The van der Waals surface area contributed by atoms with Crippen molar-refractivity contribution in [3.63, 3.8) is 0 Å². The van der Waals surface area contributed by atoms with Gasteiger partial charge in [-0.2, -0.15) is 0 Å². The number of benzene rings is 1. The molecule has 0 bridgehead atoms. The van der Waals surface area contributed by atoms with E-state index in [4.69, 9.17) is 4.42 Å². The molecule has 2 aliphatic rings. The number of hydrogen-bond donors (Lipinski definition) is 0. The number of hydrogen-bond acceptors (Lipinski definition) is 3. The third kappa shape index (κ3) is 3.64. The van der Waals surface area contributed by atoms with Crippen LogP contribution in [-0.4, -0.2) is 41.9 Å². The number of furan rings is 1. The Morgan fingerprint density at radius 1 is 1.12 bits per heavy atom. The first-order chi connectivity index (χ1) is 12.2. The number of nitrogens with zero attached hydrogens (tertiary/aromatic N) is 2. The van der Waals surface area contributed by atoms with Gasteiger partial charge in [0.05, 0.1) is 6.26 Å². The Morgan fingerprint density at radius 3 is 2.80 bits per heavy atom. The second-order valence-electron chi connectivity index (χ2n) is 7.35. The van der Waals surface area contributed by atoms with Gasteiger partial charge >= 0.3 is 0 Å². The fourth-order valence-corrected chi connectivity index (χ4v) is 3.90. The maximum Gasteiger partial charge on any atom is 0.226 e. The molecule has 0 N–H and O–H groups in total. The molecular formula is C21H26N2O2. The first kappa shape index (κ1) is 16.4. The summed E-state index contributed by atoms with van der Waals surface area (Å²) in [5, 5.41) is 0. The van der Waals surface area contributed by atoms with Gasteiger partial charge in [0.25, 0.3) is 0 Å². The zero-order valence-electron chi connectivity index (χ0n) is 14.9. The number of carbonyl (C=O) groups excluding carboxylic acids is 1. The van der Waals surface area contributed by atoms with Gasteiger partial charge in [-0.25, -0.2) is 0 Å². The Balaban J connectivity index is 1.32. The Morgan fingerprint density at radius 2 is 2.00 bits per heavy atom. The molecule has 1 aromatic heterocycles. The van der Waals surface area contributed by atoms with Crippen LogP contribution in [0.2, 0.25) is 0 Å². The van der Waals surface area contributed by atoms with Crippen LogP contribution < -0.4 is 0 Å². The molecule has 1 amide bonds. The van der Waals surface area contributed by atoms with Crippen molar-refractivity contribution in [3.05, 3.63) is 59.5 Å². The second kappa shape index (κ2) is 7.04. The molecule has 4 heteroatoms. The summed E-state index contributed by atoms with van der Waals surface area (Å²) in [4.78, 5) is 17.4. The Hall–Kier alpha value is -2.07. The number of amides is 1. The van der Waals surface area contributed by atoms with Crippen molar-refractivity contribution in [2.24, 2.45) is 5.92 Å². The molecule has 4 rings (SSSR count). The first-order valence-corrected chi connectivity index (χ1v) is 9.31. The van der Waals surface area contributed by atoms with Gasteiger partial charge in [-0.15, -0.1) is 0 Å². The van der Waals surface area contributed by atoms with E-state index in [2.05, 4.69) is 41.0 Å². The average molecular weight is 338 g/mol. The molecule has 1 saturated carbocycles. The van der Waals surface area contributed by atoms with Crippen molar-refractivity contribution >= 4 is 5.91 Å². The fourth-order valence-electron chi connectivity index (χ4n) is 3.90. The van der Waals surface area contributed by atoms with Gasteiger partial charge in [-0.1, -0.05) is 24.3 Å². The van der Waals surface area contributed by atoms with Crippen LogP contribution in [0.1, 0.15) is 35.6 Å². The van der Waals surface area contributed by atoms with Crippen LogP contribution in [0, 0.1) is 12.8 Å². The van der Waals surface area contributed by atoms with E-state index in [9.17, 15) is 4.79 Å². The maximum absolute atomic E-state index is 12.8. The molecule has 1 saturated heterocycles. The molecule has 2 fully saturated rings. The van der Waals surface area contributed by atoms with E-state index in [0.717, 1.165) is 51.3 Å². The van der Waals surface area contributed by atoms with E-state index in [1.807, 2.05) is 12.1 Å². The van der Waals surface area contributed by atoms with Crippen molar-refractivity contribution in [2.45, 2.75) is 32.2 Å². The fraction of sp³-hybridized carbons (Fsp3) is 0.476. The van der Waals surface area contributed by atoms with Crippen molar-refractivity contribution in [1.82, 2.24) is 9.80 Å². The summed E-state index contributed by atoms with van der Waals surface area (Å²) in [6.45, 7) is 6.89. The highest BCUT2D eigenvalue weighted by molar-refractivity contribution is 5.82. The topological polar surface area (TPSA) is 36.7 Å². The summed E-state index contributed by atoms with van der Waals surface area (Å²) in [5.41, 5.74) is 2.74. The lowest BCUT2D eigenvalue weighted by Crippen LogP contribution is -2.36. The van der Waals surface area contributed by atoms with Crippen molar-refractivity contribution < 1.29 is 9.21 Å². The smallest absolute Gasteiger partial charge is 0.226 e. The van der Waals surface area contributed by atoms with Crippen LogP contribution in [0.15, 0.2) is 47.1 Å². The summed E-state index contributed by atoms with van der Waals surface area (Å²) in [6.07, 6.45) is 3.69. The average Bonchev–Trinajstić information content (AvgIpc) is 3.30. The molecule has 132 valence electrons. The third-order valence-electron chi connectivity index (χ3n) is 5.57. The van der Waals surface area contributed by atoms with E-state index < -0.39 is 0 Å². The highest BCUT2D eigenvalue weighted by Gasteiger charge is 2.47. The number of carbonyl (C=O) groups is 1. The van der Waals surface area contributed by atoms with E-state index in [-0.39, 0.29) is 5.92 Å². The zero-order valence-corrected chi connectivity index (χ0v) is 14.9. The predicted molar refractivity (Wildman–Crippen MR) is 97.2 cm³/mol. The van der Waals surface area contributed by atoms with Gasteiger partial charge in [0.1, 0.15) is 5.76 Å². The molecule has 1 aromatic carbocycles. The van der Waals surface area contributed by atoms with E-state index in [1.54, 1.807) is 6.26 Å². The minimum atomic E-state index is 0.133. The van der Waals surface area contributed by atoms with E-state index in [0.29, 0.717) is 11.8 Å². The van der Waals surface area contributed by atoms with Crippen LogP contribution in [0.4, 0.5) is 0 Å². The normalized spacial score (nSPS) is 24.1. The number of rotatable bonds is 4. The van der Waals surface area contributed by atoms with Gasteiger partial charge in [-0.3, -0.25) is 9.69 Å². The minimum Gasteiger partial charge on any atom is -0.469 e. The largest absolute Gasteiger partial charge is 0.469 e. The lowest BCUT2D eigenvalue weighted by Gasteiger charge is -2.22. The minimum absolute atomic E-state index is 0.133. The molecule has 2 aromatic rings. The SMILES string of the molecule is Cc1ccccc1CN1CCCN(C(=O)[C@H]2C[C@@H]2c2ccco2)CC1. The molecule has 1 aliphatic heterocycles. The quantitative estimate of drug-likeness (QED) is 0.857. The Kier molecular flexibility index (Phi) is 4.62. The highest BCUT2D eigenvalue weighted by atomic mass is 16.3. The molecule has 0 radical (unpaired) electrons. The summed E-state index contributed by atoms with van der Waals surface area (Å²) < 4.78 is 5.47. The van der Waals surface area contributed by atoms with Gasteiger partial charge in [0, 0.05) is 44.6 Å². The molecule has 1 aliphatic carbocycles. The third-order valence-corrected chi connectivity index (χ3v) is 5.57. The maximum atomic E-state index is 12.8. The van der Waals surface area contributed by atoms with Crippen LogP contribution in [0.3, 0.4) is 0 Å². The molecular weight excluding hydrogens is 312 g/mol.